The third-order valence-corrected chi connectivity index (χ3v) is 8.49. The lowest BCUT2D eigenvalue weighted by molar-refractivity contribution is 0.0221. The van der Waals surface area contributed by atoms with Crippen molar-refractivity contribution in [2.45, 2.75) is 102 Å². The largest absolute Gasteiger partial charge is 0.444 e. The second-order valence-electron chi connectivity index (χ2n) is 11.0. The van der Waals surface area contributed by atoms with E-state index in [2.05, 4.69) is 16.4 Å². The van der Waals surface area contributed by atoms with Crippen molar-refractivity contribution in [2.24, 2.45) is 0 Å². The molecule has 3 aliphatic rings. The summed E-state index contributed by atoms with van der Waals surface area (Å²) in [7, 11) is 0. The predicted octanol–water partition coefficient (Wildman–Crippen LogP) is 5.64. The van der Waals surface area contributed by atoms with Crippen molar-refractivity contribution < 1.29 is 9.53 Å². The van der Waals surface area contributed by atoms with Gasteiger partial charge in [-0.3, -0.25) is 4.79 Å². The molecule has 33 heavy (non-hydrogen) atoms. The molecule has 178 valence electrons. The zero-order valence-electron chi connectivity index (χ0n) is 20.0. The molecule has 0 saturated heterocycles. The molecule has 7 heteroatoms. The number of carbonyl (C=O) groups excluding carboxylic acids is 1. The topological polar surface area (TPSA) is 75.3 Å². The Morgan fingerprint density at radius 2 is 1.94 bits per heavy atom. The number of H-pyrrole nitrogens is 1. The van der Waals surface area contributed by atoms with Crippen molar-refractivity contribution in [3.63, 3.8) is 0 Å². The van der Waals surface area contributed by atoms with Crippen LogP contribution in [-0.4, -0.2) is 33.1 Å². The summed E-state index contributed by atoms with van der Waals surface area (Å²) >= 11 is 1.84. The first-order chi connectivity index (χ1) is 15.7. The fourth-order valence-corrected chi connectivity index (χ4v) is 6.54. The Balaban J connectivity index is 1.37. The van der Waals surface area contributed by atoms with E-state index in [-0.39, 0.29) is 23.6 Å². The molecule has 2 saturated carbocycles. The van der Waals surface area contributed by atoms with Gasteiger partial charge in [0.1, 0.15) is 11.4 Å². The zero-order chi connectivity index (χ0) is 23.2. The lowest BCUT2D eigenvalue weighted by atomic mass is 9.92. The predicted molar refractivity (Wildman–Crippen MR) is 130 cm³/mol. The summed E-state index contributed by atoms with van der Waals surface area (Å²) < 4.78 is 5.49. The molecule has 0 bridgehead atoms. The van der Waals surface area contributed by atoms with Crippen molar-refractivity contribution in [2.75, 3.05) is 6.54 Å². The third-order valence-electron chi connectivity index (χ3n) is 7.34. The van der Waals surface area contributed by atoms with E-state index in [4.69, 9.17) is 9.72 Å². The Kier molecular flexibility index (Phi) is 5.88. The number of hydrogen-bond acceptors (Lipinski definition) is 5. The second kappa shape index (κ2) is 8.57. The molecule has 3 heterocycles. The number of amides is 1. The molecule has 2 aromatic rings. The van der Waals surface area contributed by atoms with Crippen LogP contribution in [0.2, 0.25) is 0 Å². The van der Waals surface area contributed by atoms with Gasteiger partial charge < -0.3 is 14.6 Å². The van der Waals surface area contributed by atoms with Crippen LogP contribution in [0.15, 0.2) is 16.2 Å². The number of rotatable bonds is 3. The van der Waals surface area contributed by atoms with Gasteiger partial charge in [-0.05, 0) is 69.4 Å². The molecule has 6 nitrogen and oxygen atoms in total. The number of thiophene rings is 1. The second-order valence-corrected chi connectivity index (χ2v) is 11.9. The first-order valence-electron chi connectivity index (χ1n) is 12.4. The zero-order valence-corrected chi connectivity index (χ0v) is 20.9. The van der Waals surface area contributed by atoms with Gasteiger partial charge in [0.25, 0.3) is 5.56 Å². The summed E-state index contributed by atoms with van der Waals surface area (Å²) in [4.78, 5) is 36.6. The molecule has 2 aromatic heterocycles. The first kappa shape index (κ1) is 22.6. The van der Waals surface area contributed by atoms with Gasteiger partial charge in [0.05, 0.1) is 23.2 Å². The minimum Gasteiger partial charge on any atom is -0.444 e. The van der Waals surface area contributed by atoms with Crippen LogP contribution in [-0.2, 0) is 23.1 Å². The monoisotopic (exact) mass is 469 g/mol. The molecule has 0 unspecified atom stereocenters. The normalized spacial score (nSPS) is 20.8. The van der Waals surface area contributed by atoms with Crippen molar-refractivity contribution in [1.29, 1.82) is 0 Å². The van der Waals surface area contributed by atoms with Crippen LogP contribution in [0, 0.1) is 0 Å². The fraction of sp³-hybridized carbons (Fsp3) is 0.654. The standard InChI is InChI=1S/C26H35N3O3S/c1-25(2,3)32-24(31)29-13-10-20-19(15-29)22(30)28-23(27-20)26(11-12-26)21-14-18(16-33-21)17-8-6-4-5-7-9-17/h14,16-17H,4-13,15H2,1-3H3,(H,27,28,30). The highest BCUT2D eigenvalue weighted by atomic mass is 32.1. The van der Waals surface area contributed by atoms with Crippen molar-refractivity contribution in [1.82, 2.24) is 14.9 Å². The number of nitrogens with zero attached hydrogens (tertiary/aromatic N) is 2. The molecule has 0 radical (unpaired) electrons. The van der Waals surface area contributed by atoms with Gasteiger partial charge in [0, 0.05) is 17.8 Å². The summed E-state index contributed by atoms with van der Waals surface area (Å²) in [5, 5.41) is 2.35. The Morgan fingerprint density at radius 1 is 1.21 bits per heavy atom. The molecule has 1 N–H and O–H groups in total. The van der Waals surface area contributed by atoms with E-state index in [0.717, 1.165) is 24.4 Å². The Bertz CT molecular complexity index is 1080. The summed E-state index contributed by atoms with van der Waals surface area (Å²) in [6.45, 7) is 6.33. The number of aromatic amines is 1. The molecular formula is C26H35N3O3S. The maximum absolute atomic E-state index is 13.1. The van der Waals surface area contributed by atoms with Gasteiger partial charge in [-0.1, -0.05) is 25.7 Å². The van der Waals surface area contributed by atoms with Gasteiger partial charge >= 0.3 is 6.09 Å². The smallest absolute Gasteiger partial charge is 0.410 e. The highest BCUT2D eigenvalue weighted by molar-refractivity contribution is 7.10. The Hall–Kier alpha value is -2.15. The highest BCUT2D eigenvalue weighted by Gasteiger charge is 2.50. The SMILES string of the molecule is CC(C)(C)OC(=O)N1CCc2nc(C3(c4cc(C5CCCCCC5)cs4)CC3)[nH]c(=O)c2C1. The Morgan fingerprint density at radius 3 is 2.61 bits per heavy atom. The summed E-state index contributed by atoms with van der Waals surface area (Å²) in [6.07, 6.45) is 10.3. The quantitative estimate of drug-likeness (QED) is 0.590. The lowest BCUT2D eigenvalue weighted by Gasteiger charge is -2.30. The molecule has 2 fully saturated rings. The van der Waals surface area contributed by atoms with E-state index in [9.17, 15) is 9.59 Å². The number of ether oxygens (including phenoxy) is 1. The fourth-order valence-electron chi connectivity index (χ4n) is 5.29. The van der Waals surface area contributed by atoms with Crippen LogP contribution in [0.25, 0.3) is 0 Å². The minimum atomic E-state index is -0.555. The van der Waals surface area contributed by atoms with Crippen LogP contribution in [0.4, 0.5) is 4.79 Å². The summed E-state index contributed by atoms with van der Waals surface area (Å²) in [5.74, 6) is 1.49. The molecule has 1 amide bonds. The number of aromatic nitrogens is 2. The van der Waals surface area contributed by atoms with Crippen molar-refractivity contribution in [3.05, 3.63) is 49.3 Å². The number of fused-ring (bicyclic) bond motifs is 1. The summed E-state index contributed by atoms with van der Waals surface area (Å²) in [6, 6.07) is 2.40. The van der Waals surface area contributed by atoms with E-state index in [0.29, 0.717) is 24.4 Å². The van der Waals surface area contributed by atoms with E-state index < -0.39 is 5.60 Å². The van der Waals surface area contributed by atoms with E-state index >= 15 is 0 Å². The third kappa shape index (κ3) is 4.61. The average molecular weight is 470 g/mol. The highest BCUT2D eigenvalue weighted by Crippen LogP contribution is 2.54. The number of nitrogens with one attached hydrogen (secondary N) is 1. The van der Waals surface area contributed by atoms with E-state index in [1.54, 1.807) is 4.90 Å². The van der Waals surface area contributed by atoms with Gasteiger partial charge in [-0.2, -0.15) is 0 Å². The maximum atomic E-state index is 13.1. The van der Waals surface area contributed by atoms with E-state index in [1.807, 2.05) is 32.1 Å². The molecular weight excluding hydrogens is 434 g/mol. The molecule has 2 aliphatic carbocycles. The molecule has 0 aromatic carbocycles. The Labute approximate surface area is 199 Å². The van der Waals surface area contributed by atoms with Crippen LogP contribution in [0.3, 0.4) is 0 Å². The van der Waals surface area contributed by atoms with Crippen molar-refractivity contribution in [3.8, 4) is 0 Å². The number of carbonyl (C=O) groups is 1. The average Bonchev–Trinajstić information content (AvgIpc) is 3.50. The molecule has 0 spiro atoms. The van der Waals surface area contributed by atoms with Crippen molar-refractivity contribution >= 4 is 17.4 Å². The maximum Gasteiger partial charge on any atom is 0.410 e. The molecule has 0 atom stereocenters. The van der Waals surface area contributed by atoms with Gasteiger partial charge in [-0.25, -0.2) is 9.78 Å². The van der Waals surface area contributed by atoms with Crippen LogP contribution in [0.1, 0.15) is 106 Å². The lowest BCUT2D eigenvalue weighted by Crippen LogP contribution is -2.42. The first-order valence-corrected chi connectivity index (χ1v) is 13.3. The van der Waals surface area contributed by atoms with Crippen LogP contribution in [0.5, 0.6) is 0 Å². The molecule has 5 rings (SSSR count). The minimum absolute atomic E-state index is 0.116. The van der Waals surface area contributed by atoms with Gasteiger partial charge in [0.2, 0.25) is 0 Å². The van der Waals surface area contributed by atoms with Gasteiger partial charge in [-0.15, -0.1) is 11.3 Å². The summed E-state index contributed by atoms with van der Waals surface area (Å²) in [5.41, 5.74) is 2.11. The van der Waals surface area contributed by atoms with Crippen LogP contribution >= 0.6 is 11.3 Å². The van der Waals surface area contributed by atoms with Crippen LogP contribution < -0.4 is 5.56 Å². The van der Waals surface area contributed by atoms with E-state index in [1.165, 1.54) is 49.0 Å². The number of hydrogen-bond donors (Lipinski definition) is 1. The molecule has 1 aliphatic heterocycles. The van der Waals surface area contributed by atoms with Gasteiger partial charge in [0.15, 0.2) is 0 Å².